The summed E-state index contributed by atoms with van der Waals surface area (Å²) in [4.78, 5) is 27.6. The number of nitrogens with zero attached hydrogens (tertiary/aromatic N) is 4. The third-order valence-electron chi connectivity index (χ3n) is 6.70. The Hall–Kier alpha value is -2.74. The second-order valence-corrected chi connectivity index (χ2v) is 10.00. The van der Waals surface area contributed by atoms with E-state index in [1.165, 1.54) is 12.4 Å². The summed E-state index contributed by atoms with van der Waals surface area (Å²) in [7, 11) is 0. The van der Waals surface area contributed by atoms with Crippen molar-refractivity contribution in [2.24, 2.45) is 5.92 Å². The molecule has 3 aromatic rings. The zero-order chi connectivity index (χ0) is 25.5. The predicted molar refractivity (Wildman–Crippen MR) is 142 cm³/mol. The number of halogens is 2. The molecule has 0 aliphatic carbocycles. The van der Waals surface area contributed by atoms with Crippen LogP contribution in [0.2, 0.25) is 10.0 Å². The average molecular weight is 528 g/mol. The fourth-order valence-corrected chi connectivity index (χ4v) is 5.20. The summed E-state index contributed by atoms with van der Waals surface area (Å²) in [6.07, 6.45) is 9.25. The van der Waals surface area contributed by atoms with E-state index in [-0.39, 0.29) is 27.6 Å². The highest BCUT2D eigenvalue weighted by molar-refractivity contribution is 6.39. The van der Waals surface area contributed by atoms with Gasteiger partial charge in [-0.15, -0.1) is 0 Å². The number of carbonyl (C=O) groups excluding carboxylic acids is 1. The molecule has 2 atom stereocenters. The summed E-state index contributed by atoms with van der Waals surface area (Å²) in [5, 5.41) is 3.44. The summed E-state index contributed by atoms with van der Waals surface area (Å²) in [6.45, 7) is 6.64. The molecule has 4 heterocycles. The molecule has 2 unspecified atom stereocenters. The highest BCUT2D eigenvalue weighted by Crippen LogP contribution is 2.35. The lowest BCUT2D eigenvalue weighted by atomic mass is 9.87. The van der Waals surface area contributed by atoms with Crippen LogP contribution in [0, 0.1) is 12.8 Å². The Balaban J connectivity index is 1.31. The second kappa shape index (κ2) is 12.5. The van der Waals surface area contributed by atoms with E-state index in [2.05, 4.69) is 32.1 Å². The van der Waals surface area contributed by atoms with Crippen molar-refractivity contribution < 1.29 is 9.53 Å². The van der Waals surface area contributed by atoms with E-state index in [4.69, 9.17) is 27.9 Å². The molecule has 1 saturated heterocycles. The lowest BCUT2D eigenvalue weighted by Gasteiger charge is -2.39. The normalized spacial score (nSPS) is 16.3. The summed E-state index contributed by atoms with van der Waals surface area (Å²) in [5.74, 6) is 0.743. The van der Waals surface area contributed by atoms with Gasteiger partial charge < -0.3 is 15.0 Å². The minimum atomic E-state index is -0.277. The van der Waals surface area contributed by atoms with Crippen LogP contribution in [0.3, 0.4) is 0 Å². The van der Waals surface area contributed by atoms with E-state index in [1.54, 1.807) is 0 Å². The molecule has 0 saturated carbocycles. The van der Waals surface area contributed by atoms with Crippen LogP contribution in [0.25, 0.3) is 0 Å². The molecule has 0 aromatic carbocycles. The fourth-order valence-electron chi connectivity index (χ4n) is 4.66. The third-order valence-corrected chi connectivity index (χ3v) is 7.27. The fraction of sp³-hybridized carbons (Fsp3) is 0.407. The largest absolute Gasteiger partial charge is 0.469 e. The van der Waals surface area contributed by atoms with Crippen molar-refractivity contribution in [3.05, 3.63) is 82.0 Å². The summed E-state index contributed by atoms with van der Waals surface area (Å²) < 4.78 is 6.44. The number of amides is 1. The number of rotatable bonds is 9. The van der Waals surface area contributed by atoms with Gasteiger partial charge in [-0.2, -0.15) is 0 Å². The molecule has 3 aromatic heterocycles. The van der Waals surface area contributed by atoms with E-state index < -0.39 is 0 Å². The van der Waals surface area contributed by atoms with Gasteiger partial charge in [0.2, 0.25) is 5.88 Å². The molecule has 1 amide bonds. The van der Waals surface area contributed by atoms with E-state index in [1.807, 2.05) is 49.6 Å². The Morgan fingerprint density at radius 3 is 2.47 bits per heavy atom. The molecule has 1 fully saturated rings. The Kier molecular flexibility index (Phi) is 9.13. The highest BCUT2D eigenvalue weighted by atomic mass is 35.5. The molecule has 0 spiro atoms. The maximum absolute atomic E-state index is 12.5. The first-order valence-corrected chi connectivity index (χ1v) is 13.0. The van der Waals surface area contributed by atoms with Crippen LogP contribution in [0.15, 0.2) is 55.1 Å². The third kappa shape index (κ3) is 6.72. The predicted octanol–water partition coefficient (Wildman–Crippen LogP) is 5.53. The number of aromatic nitrogens is 3. The van der Waals surface area contributed by atoms with Crippen LogP contribution >= 0.6 is 23.2 Å². The van der Waals surface area contributed by atoms with Gasteiger partial charge in [-0.1, -0.05) is 29.3 Å². The van der Waals surface area contributed by atoms with Gasteiger partial charge in [-0.25, -0.2) is 4.98 Å². The van der Waals surface area contributed by atoms with Crippen LogP contribution in [-0.4, -0.2) is 51.4 Å². The average Bonchev–Trinajstić information content (AvgIpc) is 2.88. The molecular weight excluding hydrogens is 497 g/mol. The second-order valence-electron chi connectivity index (χ2n) is 9.18. The van der Waals surface area contributed by atoms with Crippen molar-refractivity contribution in [2.45, 2.75) is 45.3 Å². The van der Waals surface area contributed by atoms with E-state index in [0.29, 0.717) is 24.4 Å². The molecule has 0 bridgehead atoms. The van der Waals surface area contributed by atoms with E-state index in [9.17, 15) is 4.79 Å². The lowest BCUT2D eigenvalue weighted by molar-refractivity contribution is 0.0579. The van der Waals surface area contributed by atoms with Crippen molar-refractivity contribution in [1.29, 1.82) is 0 Å². The summed E-state index contributed by atoms with van der Waals surface area (Å²) in [5.41, 5.74) is 2.33. The molecular formula is C27H31Cl2N5O2. The monoisotopic (exact) mass is 527 g/mol. The zero-order valence-corrected chi connectivity index (χ0v) is 22.0. The maximum Gasteiger partial charge on any atom is 0.254 e. The number of aryl methyl sites for hydroxylation is 1. The van der Waals surface area contributed by atoms with Gasteiger partial charge >= 0.3 is 0 Å². The minimum absolute atomic E-state index is 0.0751. The quantitative estimate of drug-likeness (QED) is 0.394. The number of pyridine rings is 3. The van der Waals surface area contributed by atoms with Crippen molar-refractivity contribution in [1.82, 2.24) is 25.2 Å². The van der Waals surface area contributed by atoms with Crippen molar-refractivity contribution in [3.8, 4) is 5.88 Å². The van der Waals surface area contributed by atoms with Gasteiger partial charge in [0.15, 0.2) is 0 Å². The van der Waals surface area contributed by atoms with Crippen LogP contribution in [0.1, 0.15) is 53.9 Å². The number of carbonyl (C=O) groups is 1. The SMILES string of the molecule is Cc1cccc(OC(c2ccncc2)C2CCN(C(C)CCNC(=O)c3c(Cl)cncc3Cl)CC2)n1. The Bertz CT molecular complexity index is 1140. The topological polar surface area (TPSA) is 80.2 Å². The van der Waals surface area contributed by atoms with Crippen molar-refractivity contribution in [2.75, 3.05) is 19.6 Å². The van der Waals surface area contributed by atoms with E-state index in [0.717, 1.165) is 43.6 Å². The van der Waals surface area contributed by atoms with Crippen LogP contribution in [-0.2, 0) is 0 Å². The lowest BCUT2D eigenvalue weighted by Crippen LogP contribution is -2.43. The molecule has 1 aliphatic heterocycles. The number of nitrogens with one attached hydrogen (secondary N) is 1. The molecule has 7 nitrogen and oxygen atoms in total. The van der Waals surface area contributed by atoms with Gasteiger partial charge in [-0.3, -0.25) is 14.8 Å². The number of piperidine rings is 1. The van der Waals surface area contributed by atoms with Gasteiger partial charge in [-0.05, 0) is 70.0 Å². The number of likely N-dealkylation sites (tertiary alicyclic amines) is 1. The Morgan fingerprint density at radius 1 is 1.11 bits per heavy atom. The van der Waals surface area contributed by atoms with Gasteiger partial charge in [0.05, 0.1) is 15.6 Å². The number of ether oxygens (including phenoxy) is 1. The van der Waals surface area contributed by atoms with Crippen molar-refractivity contribution >= 4 is 29.1 Å². The minimum Gasteiger partial charge on any atom is -0.469 e. The molecule has 1 aliphatic rings. The summed E-state index contributed by atoms with van der Waals surface area (Å²) in [6, 6.07) is 10.2. The Labute approximate surface area is 222 Å². The van der Waals surface area contributed by atoms with Crippen LogP contribution < -0.4 is 10.1 Å². The molecule has 4 rings (SSSR count). The molecule has 190 valence electrons. The van der Waals surface area contributed by atoms with Gasteiger partial charge in [0, 0.05) is 55.1 Å². The first-order valence-electron chi connectivity index (χ1n) is 12.2. The first kappa shape index (κ1) is 26.3. The first-order chi connectivity index (χ1) is 17.4. The molecule has 0 radical (unpaired) electrons. The summed E-state index contributed by atoms with van der Waals surface area (Å²) >= 11 is 12.2. The molecule has 1 N–H and O–H groups in total. The smallest absolute Gasteiger partial charge is 0.254 e. The number of hydrogen-bond acceptors (Lipinski definition) is 6. The Morgan fingerprint density at radius 2 is 1.81 bits per heavy atom. The maximum atomic E-state index is 12.5. The standard InChI is InChI=1S/C27H31Cl2N5O2/c1-18-4-3-5-24(33-18)36-26(20-7-11-30-12-8-20)21-9-14-34(15-10-21)19(2)6-13-32-27(35)25-22(28)16-31-17-23(25)29/h3-5,7-8,11-12,16-17,19,21,26H,6,9-10,13-15H2,1-2H3,(H,32,35). The number of hydrogen-bond donors (Lipinski definition) is 1. The zero-order valence-electron chi connectivity index (χ0n) is 20.5. The van der Waals surface area contributed by atoms with Crippen LogP contribution in [0.5, 0.6) is 5.88 Å². The highest BCUT2D eigenvalue weighted by Gasteiger charge is 2.31. The van der Waals surface area contributed by atoms with Gasteiger partial charge in [0.1, 0.15) is 6.10 Å². The van der Waals surface area contributed by atoms with Gasteiger partial charge in [0.25, 0.3) is 5.91 Å². The molecule has 9 heteroatoms. The molecule has 36 heavy (non-hydrogen) atoms. The van der Waals surface area contributed by atoms with Crippen molar-refractivity contribution in [3.63, 3.8) is 0 Å². The van der Waals surface area contributed by atoms with Crippen LogP contribution in [0.4, 0.5) is 0 Å². The van der Waals surface area contributed by atoms with E-state index >= 15 is 0 Å².